The minimum Gasteiger partial charge on any atom is -0.395 e. The fourth-order valence-corrected chi connectivity index (χ4v) is 4.03. The molecule has 192 valence electrons. The number of anilines is 3. The van der Waals surface area contributed by atoms with Crippen molar-refractivity contribution in [3.63, 3.8) is 0 Å². The summed E-state index contributed by atoms with van der Waals surface area (Å²) >= 11 is 0. The Labute approximate surface area is 203 Å². The number of carbonyl (C=O) groups is 3. The molecule has 4 heterocycles. The Morgan fingerprint density at radius 2 is 2.00 bits per heavy atom. The third-order valence-electron chi connectivity index (χ3n) is 5.90. The Hall–Kier alpha value is -3.94. The predicted molar refractivity (Wildman–Crippen MR) is 123 cm³/mol. The van der Waals surface area contributed by atoms with Crippen molar-refractivity contribution >= 4 is 35.2 Å². The highest BCUT2D eigenvalue weighted by atomic mass is 19.4. The largest absolute Gasteiger partial charge is 0.408 e. The zero-order valence-corrected chi connectivity index (χ0v) is 19.2. The number of fused-ring (bicyclic) bond motifs is 4. The zero-order valence-electron chi connectivity index (χ0n) is 19.2. The van der Waals surface area contributed by atoms with E-state index in [9.17, 15) is 27.6 Å². The molecule has 4 N–H and O–H groups in total. The first-order chi connectivity index (χ1) is 17.1. The van der Waals surface area contributed by atoms with E-state index in [1.807, 2.05) is 10.2 Å². The maximum atomic E-state index is 13.3. The van der Waals surface area contributed by atoms with Crippen molar-refractivity contribution < 1.29 is 32.7 Å². The highest BCUT2D eigenvalue weighted by molar-refractivity contribution is 6.05. The Kier molecular flexibility index (Phi) is 6.97. The monoisotopic (exact) mass is 507 g/mol. The number of pyridine rings is 2. The van der Waals surface area contributed by atoms with E-state index < -0.39 is 30.1 Å². The number of carbonyl (C=O) groups excluding carboxylic acids is 3. The molecular weight excluding hydrogens is 483 g/mol. The van der Waals surface area contributed by atoms with Gasteiger partial charge in [0.25, 0.3) is 11.8 Å². The molecule has 1 fully saturated rings. The number of hydrogen-bond donors (Lipinski definition) is 4. The normalized spacial score (nSPS) is 17.3. The van der Waals surface area contributed by atoms with E-state index in [0.29, 0.717) is 25.2 Å². The van der Waals surface area contributed by atoms with Crippen LogP contribution in [0.1, 0.15) is 34.2 Å². The van der Waals surface area contributed by atoms with Crippen molar-refractivity contribution in [2.45, 2.75) is 31.6 Å². The lowest BCUT2D eigenvalue weighted by Gasteiger charge is -2.35. The molecule has 0 aromatic carbocycles. The van der Waals surface area contributed by atoms with Crippen LogP contribution >= 0.6 is 0 Å². The summed E-state index contributed by atoms with van der Waals surface area (Å²) in [7, 11) is 0. The number of aromatic nitrogens is 2. The molecule has 0 radical (unpaired) electrons. The first-order valence-corrected chi connectivity index (χ1v) is 11.2. The number of alkyl halides is 3. The van der Waals surface area contributed by atoms with Crippen LogP contribution in [0.4, 0.5) is 35.3 Å². The minimum atomic E-state index is -4.61. The smallest absolute Gasteiger partial charge is 0.395 e. The van der Waals surface area contributed by atoms with Gasteiger partial charge in [0.15, 0.2) is 5.82 Å². The van der Waals surface area contributed by atoms with Gasteiger partial charge >= 0.3 is 12.2 Å². The summed E-state index contributed by atoms with van der Waals surface area (Å²) in [6, 6.07) is 2.72. The number of nitrogens with one attached hydrogen (secondary N) is 3. The Bertz CT molecular complexity index is 1180. The van der Waals surface area contributed by atoms with Gasteiger partial charge in [-0.05, 0) is 37.6 Å². The third-order valence-corrected chi connectivity index (χ3v) is 5.90. The van der Waals surface area contributed by atoms with E-state index >= 15 is 0 Å². The topological polar surface area (TPSA) is 140 Å². The van der Waals surface area contributed by atoms with Crippen molar-refractivity contribution in [3.8, 4) is 0 Å². The second-order valence-electron chi connectivity index (χ2n) is 8.37. The van der Waals surface area contributed by atoms with E-state index in [2.05, 4.69) is 20.6 Å². The van der Waals surface area contributed by atoms with Crippen molar-refractivity contribution in [2.75, 3.05) is 41.4 Å². The van der Waals surface area contributed by atoms with Gasteiger partial charge in [0.1, 0.15) is 17.6 Å². The molecular formula is C22H24F3N7O4. The minimum absolute atomic E-state index is 0.0644. The lowest BCUT2D eigenvalue weighted by molar-refractivity contribution is -0.149. The molecule has 2 aromatic heterocycles. The number of halogens is 3. The first-order valence-electron chi connectivity index (χ1n) is 11.2. The van der Waals surface area contributed by atoms with Crippen molar-refractivity contribution in [1.29, 1.82) is 0 Å². The number of nitrogens with zero attached hydrogens (tertiary/aromatic N) is 4. The summed E-state index contributed by atoms with van der Waals surface area (Å²) in [6.45, 7) is 1.83. The van der Waals surface area contributed by atoms with E-state index in [1.165, 1.54) is 29.3 Å². The molecule has 4 rings (SSSR count). The molecule has 36 heavy (non-hydrogen) atoms. The molecule has 0 aliphatic carbocycles. The van der Waals surface area contributed by atoms with Crippen LogP contribution in [0, 0.1) is 0 Å². The van der Waals surface area contributed by atoms with Gasteiger partial charge in [0, 0.05) is 31.4 Å². The van der Waals surface area contributed by atoms with Crippen LogP contribution in [0.3, 0.4) is 0 Å². The molecule has 14 heteroatoms. The maximum Gasteiger partial charge on any atom is 0.408 e. The van der Waals surface area contributed by atoms with Gasteiger partial charge in [-0.1, -0.05) is 0 Å². The van der Waals surface area contributed by atoms with Crippen LogP contribution in [0.15, 0.2) is 30.5 Å². The van der Waals surface area contributed by atoms with Crippen LogP contribution in [0.5, 0.6) is 0 Å². The van der Waals surface area contributed by atoms with E-state index in [-0.39, 0.29) is 42.1 Å². The molecule has 1 unspecified atom stereocenters. The molecule has 2 aromatic rings. The van der Waals surface area contributed by atoms with Gasteiger partial charge in [0.05, 0.1) is 18.3 Å². The second-order valence-corrected chi connectivity index (χ2v) is 8.37. The fraction of sp³-hybridized carbons (Fsp3) is 0.409. The van der Waals surface area contributed by atoms with Crippen molar-refractivity contribution in [1.82, 2.24) is 20.6 Å². The molecule has 11 nitrogen and oxygen atoms in total. The van der Waals surface area contributed by atoms with Gasteiger partial charge < -0.3 is 20.6 Å². The molecule has 0 saturated carbocycles. The lowest BCUT2D eigenvalue weighted by Crippen LogP contribution is -2.49. The number of rotatable bonds is 6. The molecule has 2 bridgehead atoms. The summed E-state index contributed by atoms with van der Waals surface area (Å²) in [5, 5.41) is 15.9. The van der Waals surface area contributed by atoms with Gasteiger partial charge in [-0.2, -0.15) is 13.2 Å². The highest BCUT2D eigenvalue weighted by Gasteiger charge is 2.41. The van der Waals surface area contributed by atoms with Crippen molar-refractivity contribution in [3.05, 3.63) is 41.7 Å². The average molecular weight is 507 g/mol. The fourth-order valence-electron chi connectivity index (χ4n) is 4.03. The standard InChI is InChI=1S/C22H24F3N7O4/c1-12(22(23,24)25)28-20(35)15-2-3-16-18(29-15)32(14-5-8-31(16)11-14)21(36)30-17-10-13(4-6-26-17)19(34)27-7-9-33/h2-4,6,10,12,14,33H,5,7-9,11H2,1H3,(H,27,34)(H,28,35)(H,26,30,36)/t12?,14-/m0/s1. The summed E-state index contributed by atoms with van der Waals surface area (Å²) in [4.78, 5) is 49.6. The SMILES string of the molecule is CC(NC(=O)c1ccc2c(n1)N(C(=O)Nc1cc(C(=O)NCCO)ccn1)[C@H]1CCN2C1)C(F)(F)F. The quantitative estimate of drug-likeness (QED) is 0.465. The van der Waals surface area contributed by atoms with Gasteiger partial charge in [-0.25, -0.2) is 14.8 Å². The predicted octanol–water partition coefficient (Wildman–Crippen LogP) is 1.51. The molecule has 2 aliphatic rings. The average Bonchev–Trinajstić information content (AvgIpc) is 3.25. The van der Waals surface area contributed by atoms with Crippen LogP contribution in [0.25, 0.3) is 0 Å². The molecule has 1 saturated heterocycles. The summed E-state index contributed by atoms with van der Waals surface area (Å²) in [5.41, 5.74) is 0.533. The molecule has 4 amide bonds. The zero-order chi connectivity index (χ0) is 26.0. The highest BCUT2D eigenvalue weighted by Crippen LogP contribution is 2.39. The summed E-state index contributed by atoms with van der Waals surface area (Å²) in [5.74, 6) is -1.24. The summed E-state index contributed by atoms with van der Waals surface area (Å²) < 4.78 is 38.6. The van der Waals surface area contributed by atoms with Crippen LogP contribution in [-0.4, -0.2) is 77.4 Å². The van der Waals surface area contributed by atoms with Gasteiger partial charge in [-0.15, -0.1) is 0 Å². The lowest BCUT2D eigenvalue weighted by atomic mass is 10.1. The number of aliphatic hydroxyl groups is 1. The van der Waals surface area contributed by atoms with Crippen LogP contribution in [0.2, 0.25) is 0 Å². The Morgan fingerprint density at radius 1 is 1.22 bits per heavy atom. The first kappa shape index (κ1) is 25.2. The molecule has 2 atom stereocenters. The van der Waals surface area contributed by atoms with Gasteiger partial charge in [-0.3, -0.25) is 19.8 Å². The van der Waals surface area contributed by atoms with E-state index in [1.54, 1.807) is 6.07 Å². The van der Waals surface area contributed by atoms with E-state index in [4.69, 9.17) is 5.11 Å². The Balaban J connectivity index is 1.57. The third kappa shape index (κ3) is 5.17. The van der Waals surface area contributed by atoms with Crippen LogP contribution in [-0.2, 0) is 0 Å². The van der Waals surface area contributed by atoms with Crippen molar-refractivity contribution in [2.24, 2.45) is 0 Å². The molecule has 2 aliphatic heterocycles. The summed E-state index contributed by atoms with van der Waals surface area (Å²) in [6.07, 6.45) is -2.65. The molecule has 0 spiro atoms. The number of hydrogen-bond acceptors (Lipinski definition) is 7. The Morgan fingerprint density at radius 3 is 2.72 bits per heavy atom. The number of amides is 4. The van der Waals surface area contributed by atoms with Gasteiger partial charge in [0.2, 0.25) is 0 Å². The van der Waals surface area contributed by atoms with Crippen LogP contribution < -0.4 is 25.8 Å². The van der Waals surface area contributed by atoms with E-state index in [0.717, 1.165) is 6.92 Å². The number of aliphatic hydroxyl groups excluding tert-OH is 1. The number of urea groups is 1. The maximum absolute atomic E-state index is 13.3. The second kappa shape index (κ2) is 9.97.